The summed E-state index contributed by atoms with van der Waals surface area (Å²) >= 11 is 0. The van der Waals surface area contributed by atoms with E-state index in [1.54, 1.807) is 31.2 Å². The highest BCUT2D eigenvalue weighted by atomic mass is 28.4. The molecule has 52 heavy (non-hydrogen) atoms. The SMILES string of the molecule is CCOc1cc(F)c(Cn2nc(-c3ncc(OCCCO[Si](C)(C)C(C)(C)C)c(Nc4ccncc4OCC(F)(F)F)n3)c3ccccc32)c(F)c1. The van der Waals surface area contributed by atoms with E-state index in [-0.39, 0.29) is 64.9 Å². The van der Waals surface area contributed by atoms with Crippen molar-refractivity contribution >= 4 is 30.7 Å². The Labute approximate surface area is 299 Å². The third-order valence-corrected chi connectivity index (χ3v) is 13.1. The molecule has 10 nitrogen and oxygen atoms in total. The zero-order chi connectivity index (χ0) is 37.7. The second-order valence-electron chi connectivity index (χ2n) is 13.4. The predicted octanol–water partition coefficient (Wildman–Crippen LogP) is 9.09. The van der Waals surface area contributed by atoms with Gasteiger partial charge < -0.3 is 24.0 Å². The van der Waals surface area contributed by atoms with Crippen molar-refractivity contribution in [1.29, 1.82) is 0 Å². The highest BCUT2D eigenvalue weighted by molar-refractivity contribution is 6.74. The van der Waals surface area contributed by atoms with Gasteiger partial charge in [0.15, 0.2) is 38.1 Å². The Morgan fingerprint density at radius 3 is 2.33 bits per heavy atom. The van der Waals surface area contributed by atoms with Crippen molar-refractivity contribution < 1.29 is 40.6 Å². The first-order valence-electron chi connectivity index (χ1n) is 16.7. The lowest BCUT2D eigenvalue weighted by Crippen LogP contribution is -2.41. The second kappa shape index (κ2) is 15.8. The summed E-state index contributed by atoms with van der Waals surface area (Å²) in [6, 6.07) is 10.8. The lowest BCUT2D eigenvalue weighted by atomic mass is 10.1. The van der Waals surface area contributed by atoms with Gasteiger partial charge in [-0.2, -0.15) is 18.3 Å². The lowest BCUT2D eigenvalue weighted by molar-refractivity contribution is -0.153. The number of hydrogen-bond donors (Lipinski definition) is 1. The molecule has 0 saturated carbocycles. The zero-order valence-electron chi connectivity index (χ0n) is 29.8. The normalized spacial score (nSPS) is 12.3. The van der Waals surface area contributed by atoms with Crippen LogP contribution in [0.5, 0.6) is 17.2 Å². The van der Waals surface area contributed by atoms with Gasteiger partial charge in [-0.05, 0) is 37.2 Å². The third kappa shape index (κ3) is 9.33. The maximum Gasteiger partial charge on any atom is 0.422 e. The monoisotopic (exact) mass is 744 g/mol. The lowest BCUT2D eigenvalue weighted by Gasteiger charge is -2.36. The Morgan fingerprint density at radius 2 is 1.63 bits per heavy atom. The first kappa shape index (κ1) is 38.4. The van der Waals surface area contributed by atoms with Crippen LogP contribution >= 0.6 is 0 Å². The summed E-state index contributed by atoms with van der Waals surface area (Å²) in [7, 11) is -1.98. The minimum Gasteiger partial charge on any atom is -0.494 e. The van der Waals surface area contributed by atoms with Crippen molar-refractivity contribution in [1.82, 2.24) is 24.7 Å². The van der Waals surface area contributed by atoms with Crippen LogP contribution in [0.1, 0.15) is 39.7 Å². The molecule has 0 fully saturated rings. The van der Waals surface area contributed by atoms with Crippen LogP contribution in [0.2, 0.25) is 18.1 Å². The van der Waals surface area contributed by atoms with Crippen LogP contribution in [0.4, 0.5) is 33.5 Å². The van der Waals surface area contributed by atoms with E-state index in [1.165, 1.54) is 23.1 Å². The number of para-hydroxylation sites is 1. The molecule has 16 heteroatoms. The Morgan fingerprint density at radius 1 is 0.904 bits per heavy atom. The molecule has 1 N–H and O–H groups in total. The number of anilines is 2. The molecule has 2 aromatic carbocycles. The molecule has 0 amide bonds. The average molecular weight is 745 g/mol. The number of alkyl halides is 3. The molecular weight excluding hydrogens is 704 g/mol. The summed E-state index contributed by atoms with van der Waals surface area (Å²) in [6.45, 7) is 11.7. The third-order valence-electron chi connectivity index (χ3n) is 8.60. The van der Waals surface area contributed by atoms with Crippen LogP contribution in [0, 0.1) is 11.6 Å². The first-order chi connectivity index (χ1) is 24.6. The topological polar surface area (TPSA) is 105 Å². The Bertz CT molecular complexity index is 1980. The Kier molecular flexibility index (Phi) is 11.7. The fraction of sp³-hybridized carbons (Fsp3) is 0.389. The maximum atomic E-state index is 15.1. The minimum atomic E-state index is -4.58. The molecule has 3 heterocycles. The van der Waals surface area contributed by atoms with Crippen molar-refractivity contribution in [2.45, 2.75) is 65.0 Å². The number of nitrogens with one attached hydrogen (secondary N) is 1. The van der Waals surface area contributed by atoms with E-state index in [9.17, 15) is 13.2 Å². The smallest absolute Gasteiger partial charge is 0.422 e. The van der Waals surface area contributed by atoms with E-state index < -0.39 is 32.7 Å². The number of benzene rings is 2. The molecule has 0 unspecified atom stereocenters. The van der Waals surface area contributed by atoms with Crippen LogP contribution < -0.4 is 19.5 Å². The summed E-state index contributed by atoms with van der Waals surface area (Å²) in [4.78, 5) is 13.1. The number of ether oxygens (including phenoxy) is 3. The van der Waals surface area contributed by atoms with E-state index in [4.69, 9.17) is 18.6 Å². The number of halogens is 5. The zero-order valence-corrected chi connectivity index (χ0v) is 30.8. The van der Waals surface area contributed by atoms with Gasteiger partial charge in [0.2, 0.25) is 0 Å². The summed E-state index contributed by atoms with van der Waals surface area (Å²) < 4.78 is 93.3. The van der Waals surface area contributed by atoms with Crippen molar-refractivity contribution in [3.05, 3.63) is 78.3 Å². The van der Waals surface area contributed by atoms with E-state index in [2.05, 4.69) is 59.2 Å². The van der Waals surface area contributed by atoms with Crippen molar-refractivity contribution in [3.8, 4) is 28.8 Å². The molecule has 0 aliphatic heterocycles. The number of rotatable bonds is 15. The van der Waals surface area contributed by atoms with Gasteiger partial charge in [0.1, 0.15) is 23.1 Å². The molecule has 0 aliphatic carbocycles. The second-order valence-corrected chi connectivity index (χ2v) is 18.2. The molecule has 5 rings (SSSR count). The van der Waals surface area contributed by atoms with Crippen LogP contribution in [0.15, 0.2) is 61.1 Å². The van der Waals surface area contributed by atoms with Gasteiger partial charge in [0, 0.05) is 42.3 Å². The molecule has 3 aromatic heterocycles. The van der Waals surface area contributed by atoms with Crippen molar-refractivity contribution in [2.75, 3.05) is 31.7 Å². The fourth-order valence-electron chi connectivity index (χ4n) is 4.89. The summed E-state index contributed by atoms with van der Waals surface area (Å²) in [6.07, 6.45) is -0.0544. The van der Waals surface area contributed by atoms with Crippen LogP contribution in [-0.2, 0) is 11.0 Å². The number of fused-ring (bicyclic) bond motifs is 1. The van der Waals surface area contributed by atoms with Gasteiger partial charge in [-0.1, -0.05) is 39.0 Å². The van der Waals surface area contributed by atoms with Gasteiger partial charge in [-0.15, -0.1) is 0 Å². The van der Waals surface area contributed by atoms with Gasteiger partial charge in [-0.3, -0.25) is 9.67 Å². The standard InChI is InChI=1S/C36H41F5N6O4Si/c1-7-48-23-17-26(37)25(27(38)18-23)21-47-29-12-9-8-11-24(29)32(46-47)34-43-20-31(49-15-10-16-51-52(5,6)35(2,3)4)33(45-34)44-28-13-14-42-19-30(28)50-22-36(39,40)41/h8-9,11-14,17-20H,7,10,15-16,21-22H2,1-6H3,(H,42,43,44,45). The number of pyridine rings is 1. The predicted molar refractivity (Wildman–Crippen MR) is 190 cm³/mol. The summed E-state index contributed by atoms with van der Waals surface area (Å²) in [5.41, 5.74) is 0.786. The quantitative estimate of drug-likeness (QED) is 0.0639. The average Bonchev–Trinajstić information content (AvgIpc) is 3.44. The van der Waals surface area contributed by atoms with Crippen molar-refractivity contribution in [2.24, 2.45) is 0 Å². The van der Waals surface area contributed by atoms with Crippen LogP contribution in [0.25, 0.3) is 22.4 Å². The van der Waals surface area contributed by atoms with Gasteiger partial charge >= 0.3 is 6.18 Å². The van der Waals surface area contributed by atoms with E-state index >= 15 is 8.78 Å². The number of aromatic nitrogens is 5. The number of nitrogens with zero attached hydrogens (tertiary/aromatic N) is 5. The van der Waals surface area contributed by atoms with Gasteiger partial charge in [0.05, 0.1) is 43.4 Å². The van der Waals surface area contributed by atoms with E-state index in [1.807, 2.05) is 0 Å². The van der Waals surface area contributed by atoms with E-state index in [0.29, 0.717) is 29.6 Å². The molecule has 278 valence electrons. The summed E-state index contributed by atoms with van der Waals surface area (Å²) in [5, 5.41) is 8.32. The molecule has 0 atom stereocenters. The molecule has 0 spiro atoms. The molecule has 5 aromatic rings. The Hall–Kier alpha value is -4.83. The molecule has 0 bridgehead atoms. The highest BCUT2D eigenvalue weighted by Gasteiger charge is 2.37. The molecule has 0 saturated heterocycles. The molecule has 0 aliphatic rings. The highest BCUT2D eigenvalue weighted by Crippen LogP contribution is 2.37. The van der Waals surface area contributed by atoms with E-state index in [0.717, 1.165) is 18.3 Å². The molecular formula is C36H41F5N6O4Si. The largest absolute Gasteiger partial charge is 0.494 e. The maximum absolute atomic E-state index is 15.1. The van der Waals surface area contributed by atoms with Crippen LogP contribution in [0.3, 0.4) is 0 Å². The fourth-order valence-corrected chi connectivity index (χ4v) is 5.98. The minimum absolute atomic E-state index is 0.0404. The number of hydrogen-bond acceptors (Lipinski definition) is 9. The van der Waals surface area contributed by atoms with Gasteiger partial charge in [-0.25, -0.2) is 18.7 Å². The first-order valence-corrected chi connectivity index (χ1v) is 19.6. The Balaban J connectivity index is 1.48. The van der Waals surface area contributed by atoms with Crippen LogP contribution in [-0.4, -0.2) is 65.7 Å². The summed E-state index contributed by atoms with van der Waals surface area (Å²) in [5.74, 6) is -1.23. The molecule has 0 radical (unpaired) electrons. The van der Waals surface area contributed by atoms with Crippen molar-refractivity contribution in [3.63, 3.8) is 0 Å². The van der Waals surface area contributed by atoms with Gasteiger partial charge in [0.25, 0.3) is 0 Å².